The minimum atomic E-state index is 0.204. The summed E-state index contributed by atoms with van der Waals surface area (Å²) in [6, 6.07) is 0.204. The van der Waals surface area contributed by atoms with E-state index in [2.05, 4.69) is 22.5 Å². The van der Waals surface area contributed by atoms with Crippen LogP contribution < -0.4 is 10.6 Å². The Morgan fingerprint density at radius 2 is 1.88 bits per heavy atom. The molecule has 0 aromatic carbocycles. The normalized spacial score (nSPS) is 24.1. The van der Waals surface area contributed by atoms with E-state index in [-0.39, 0.29) is 12.1 Å². The molecule has 2 heterocycles. The van der Waals surface area contributed by atoms with E-state index in [1.165, 1.54) is 0 Å². The summed E-state index contributed by atoms with van der Waals surface area (Å²) in [6.07, 6.45) is 4.59. The minimum absolute atomic E-state index is 0.204. The molecule has 2 rings (SSSR count). The van der Waals surface area contributed by atoms with Crippen molar-refractivity contribution in [3.63, 3.8) is 0 Å². The molecule has 2 saturated heterocycles. The molecular formula is C17H33N3O4. The molecule has 0 radical (unpaired) electrons. The fourth-order valence-electron chi connectivity index (χ4n) is 2.77. The van der Waals surface area contributed by atoms with Gasteiger partial charge in [-0.3, -0.25) is 4.99 Å². The monoisotopic (exact) mass is 343 g/mol. The number of nitrogens with one attached hydrogen (secondary N) is 2. The predicted octanol–water partition coefficient (Wildman–Crippen LogP) is 0.931. The molecule has 2 aliphatic rings. The molecule has 2 N–H and O–H groups in total. The molecule has 0 saturated carbocycles. The Labute approximate surface area is 145 Å². The molecule has 2 aliphatic heterocycles. The van der Waals surface area contributed by atoms with Crippen LogP contribution in [-0.4, -0.2) is 77.4 Å². The van der Waals surface area contributed by atoms with E-state index < -0.39 is 0 Å². The summed E-state index contributed by atoms with van der Waals surface area (Å²) < 4.78 is 22.3. The van der Waals surface area contributed by atoms with Crippen molar-refractivity contribution in [2.75, 3.05) is 53.2 Å². The minimum Gasteiger partial charge on any atom is -0.381 e. The fraction of sp³-hybridized carbons (Fsp3) is 0.941. The quantitative estimate of drug-likeness (QED) is 0.369. The molecule has 2 atom stereocenters. The molecule has 0 amide bonds. The number of rotatable bonds is 9. The van der Waals surface area contributed by atoms with Gasteiger partial charge in [0.15, 0.2) is 5.96 Å². The van der Waals surface area contributed by atoms with E-state index in [0.717, 1.165) is 64.6 Å². The zero-order valence-corrected chi connectivity index (χ0v) is 15.1. The smallest absolute Gasteiger partial charge is 0.191 e. The van der Waals surface area contributed by atoms with Crippen molar-refractivity contribution in [2.45, 2.75) is 50.9 Å². The second kappa shape index (κ2) is 11.6. The number of ether oxygens (including phenoxy) is 4. The average Bonchev–Trinajstić information content (AvgIpc) is 3.13. The Bertz CT molecular complexity index is 356. The maximum atomic E-state index is 5.86. The summed E-state index contributed by atoms with van der Waals surface area (Å²) >= 11 is 0. The Balaban J connectivity index is 1.49. The van der Waals surface area contributed by atoms with Gasteiger partial charge in [0.1, 0.15) is 0 Å². The molecule has 7 nitrogen and oxygen atoms in total. The average molecular weight is 343 g/mol. The van der Waals surface area contributed by atoms with Crippen LogP contribution in [0, 0.1) is 0 Å². The number of guanidine groups is 1. The maximum Gasteiger partial charge on any atom is 0.191 e. The standard InChI is InChI=1S/C17H33N3O4/c1-14(12-24-16-6-11-22-13-16)20-17(18-2)19-7-3-8-23-15-4-9-21-10-5-15/h14-16H,3-13H2,1-2H3,(H2,18,19,20). The third-order valence-electron chi connectivity index (χ3n) is 4.21. The highest BCUT2D eigenvalue weighted by Gasteiger charge is 2.17. The van der Waals surface area contributed by atoms with Crippen molar-refractivity contribution in [1.82, 2.24) is 10.6 Å². The number of hydrogen-bond acceptors (Lipinski definition) is 5. The SMILES string of the molecule is CN=C(NCCCOC1CCOCC1)NC(C)COC1CCOC1. The summed E-state index contributed by atoms with van der Waals surface area (Å²) in [6.45, 7) is 7.54. The fourth-order valence-corrected chi connectivity index (χ4v) is 2.77. The van der Waals surface area contributed by atoms with Gasteiger partial charge < -0.3 is 29.6 Å². The van der Waals surface area contributed by atoms with E-state index in [4.69, 9.17) is 18.9 Å². The zero-order chi connectivity index (χ0) is 17.0. The highest BCUT2D eigenvalue weighted by molar-refractivity contribution is 5.79. The van der Waals surface area contributed by atoms with Crippen LogP contribution in [0.25, 0.3) is 0 Å². The van der Waals surface area contributed by atoms with Crippen LogP contribution in [0.2, 0.25) is 0 Å². The van der Waals surface area contributed by atoms with Crippen molar-refractivity contribution in [3.8, 4) is 0 Å². The Hall–Kier alpha value is -0.890. The Morgan fingerprint density at radius 3 is 2.58 bits per heavy atom. The predicted molar refractivity (Wildman–Crippen MR) is 93.5 cm³/mol. The van der Waals surface area contributed by atoms with Crippen molar-refractivity contribution < 1.29 is 18.9 Å². The lowest BCUT2D eigenvalue weighted by atomic mass is 10.1. The molecule has 140 valence electrons. The van der Waals surface area contributed by atoms with Crippen molar-refractivity contribution in [2.24, 2.45) is 4.99 Å². The zero-order valence-electron chi connectivity index (χ0n) is 15.1. The molecule has 0 aliphatic carbocycles. The Kier molecular flexibility index (Phi) is 9.42. The van der Waals surface area contributed by atoms with Gasteiger partial charge in [-0.15, -0.1) is 0 Å². The van der Waals surface area contributed by atoms with Gasteiger partial charge in [0.05, 0.1) is 25.4 Å². The van der Waals surface area contributed by atoms with E-state index in [1.54, 1.807) is 7.05 Å². The first-order valence-corrected chi connectivity index (χ1v) is 9.14. The molecule has 24 heavy (non-hydrogen) atoms. The highest BCUT2D eigenvalue weighted by Crippen LogP contribution is 2.10. The van der Waals surface area contributed by atoms with Gasteiger partial charge in [0.25, 0.3) is 0 Å². The first-order valence-electron chi connectivity index (χ1n) is 9.14. The van der Waals surface area contributed by atoms with Gasteiger partial charge in [0.2, 0.25) is 0 Å². The van der Waals surface area contributed by atoms with Crippen LogP contribution in [-0.2, 0) is 18.9 Å². The van der Waals surface area contributed by atoms with E-state index >= 15 is 0 Å². The summed E-state index contributed by atoms with van der Waals surface area (Å²) in [7, 11) is 1.78. The third-order valence-corrected chi connectivity index (χ3v) is 4.21. The number of aliphatic imine (C=N–C) groups is 1. The maximum absolute atomic E-state index is 5.86. The molecule has 7 heteroatoms. The van der Waals surface area contributed by atoms with E-state index in [1.807, 2.05) is 0 Å². The lowest BCUT2D eigenvalue weighted by Crippen LogP contribution is -2.45. The van der Waals surface area contributed by atoms with Crippen molar-refractivity contribution >= 4 is 5.96 Å². The second-order valence-electron chi connectivity index (χ2n) is 6.40. The van der Waals surface area contributed by atoms with Gasteiger partial charge in [-0.2, -0.15) is 0 Å². The number of nitrogens with zero attached hydrogens (tertiary/aromatic N) is 1. The van der Waals surface area contributed by atoms with Crippen LogP contribution in [0.5, 0.6) is 0 Å². The highest BCUT2D eigenvalue weighted by atomic mass is 16.5. The molecular weight excluding hydrogens is 310 g/mol. The lowest BCUT2D eigenvalue weighted by molar-refractivity contribution is -0.0320. The number of hydrogen-bond donors (Lipinski definition) is 2. The van der Waals surface area contributed by atoms with Gasteiger partial charge in [-0.1, -0.05) is 0 Å². The third kappa shape index (κ3) is 7.79. The van der Waals surface area contributed by atoms with Crippen molar-refractivity contribution in [1.29, 1.82) is 0 Å². The summed E-state index contributed by atoms with van der Waals surface area (Å²) in [5, 5.41) is 6.67. The van der Waals surface area contributed by atoms with Crippen LogP contribution in [0.15, 0.2) is 4.99 Å². The van der Waals surface area contributed by atoms with Gasteiger partial charge in [-0.25, -0.2) is 0 Å². The van der Waals surface area contributed by atoms with E-state index in [0.29, 0.717) is 19.3 Å². The second-order valence-corrected chi connectivity index (χ2v) is 6.40. The largest absolute Gasteiger partial charge is 0.381 e. The van der Waals surface area contributed by atoms with Gasteiger partial charge in [0, 0.05) is 46.1 Å². The van der Waals surface area contributed by atoms with Crippen LogP contribution >= 0.6 is 0 Å². The molecule has 0 spiro atoms. The summed E-state index contributed by atoms with van der Waals surface area (Å²) in [5.41, 5.74) is 0. The molecule has 0 aromatic heterocycles. The van der Waals surface area contributed by atoms with E-state index in [9.17, 15) is 0 Å². The molecule has 0 aromatic rings. The summed E-state index contributed by atoms with van der Waals surface area (Å²) in [5.74, 6) is 0.805. The first-order chi connectivity index (χ1) is 11.8. The molecule has 0 bridgehead atoms. The van der Waals surface area contributed by atoms with Gasteiger partial charge >= 0.3 is 0 Å². The first kappa shape index (κ1) is 19.4. The van der Waals surface area contributed by atoms with Crippen LogP contribution in [0.1, 0.15) is 32.6 Å². The van der Waals surface area contributed by atoms with Crippen LogP contribution in [0.4, 0.5) is 0 Å². The molecule has 2 unspecified atom stereocenters. The lowest BCUT2D eigenvalue weighted by Gasteiger charge is -2.22. The van der Waals surface area contributed by atoms with Crippen molar-refractivity contribution in [3.05, 3.63) is 0 Å². The Morgan fingerprint density at radius 1 is 1.12 bits per heavy atom. The van der Waals surface area contributed by atoms with Crippen LogP contribution in [0.3, 0.4) is 0 Å². The topological polar surface area (TPSA) is 73.3 Å². The summed E-state index contributed by atoms with van der Waals surface area (Å²) in [4.78, 5) is 4.25. The molecule has 2 fully saturated rings. The van der Waals surface area contributed by atoms with Gasteiger partial charge in [-0.05, 0) is 32.6 Å².